The van der Waals surface area contributed by atoms with Crippen LogP contribution < -0.4 is 4.90 Å². The highest BCUT2D eigenvalue weighted by atomic mass is 16.3. The molecule has 1 aromatic rings. The van der Waals surface area contributed by atoms with E-state index in [2.05, 4.69) is 19.8 Å². The van der Waals surface area contributed by atoms with Crippen molar-refractivity contribution in [1.29, 1.82) is 0 Å². The van der Waals surface area contributed by atoms with Crippen LogP contribution in [0.25, 0.3) is 0 Å². The highest BCUT2D eigenvalue weighted by Crippen LogP contribution is 2.32. The quantitative estimate of drug-likeness (QED) is 0.822. The average Bonchev–Trinajstić information content (AvgIpc) is 2.46. The van der Waals surface area contributed by atoms with Gasteiger partial charge in [-0.2, -0.15) is 0 Å². The summed E-state index contributed by atoms with van der Waals surface area (Å²) in [6.07, 6.45) is 3.45. The van der Waals surface area contributed by atoms with Crippen LogP contribution >= 0.6 is 0 Å². The highest BCUT2D eigenvalue weighted by Gasteiger charge is 2.35. The maximum atomic E-state index is 11.5. The van der Waals surface area contributed by atoms with Crippen molar-refractivity contribution in [1.82, 2.24) is 14.9 Å². The first-order valence-electron chi connectivity index (χ1n) is 7.72. The molecule has 0 bridgehead atoms. The molecule has 1 fully saturated rings. The van der Waals surface area contributed by atoms with Crippen molar-refractivity contribution < 1.29 is 9.90 Å². The number of aliphatic hydroxyl groups is 1. The summed E-state index contributed by atoms with van der Waals surface area (Å²) in [6.45, 7) is 6.13. The Labute approximate surface area is 132 Å². The summed E-state index contributed by atoms with van der Waals surface area (Å²) in [5, 5.41) is 9.77. The average molecular weight is 306 g/mol. The maximum Gasteiger partial charge on any atom is 0.225 e. The summed E-state index contributed by atoms with van der Waals surface area (Å²) in [7, 11) is 4.08. The Morgan fingerprint density at radius 3 is 2.50 bits per heavy atom. The molecule has 0 amide bonds. The van der Waals surface area contributed by atoms with Gasteiger partial charge >= 0.3 is 0 Å². The Kier molecular flexibility index (Phi) is 5.13. The van der Waals surface area contributed by atoms with Gasteiger partial charge in [-0.15, -0.1) is 0 Å². The molecule has 2 heterocycles. The van der Waals surface area contributed by atoms with Crippen LogP contribution in [0.15, 0.2) is 6.20 Å². The zero-order valence-electron chi connectivity index (χ0n) is 14.0. The number of hydrogen-bond acceptors (Lipinski definition) is 6. The summed E-state index contributed by atoms with van der Waals surface area (Å²) < 4.78 is 0. The number of carbonyl (C=O) groups excluding carboxylic acids is 1. The second kappa shape index (κ2) is 6.71. The SMILES string of the molecule is CC(=O)c1cnc(N2CCC(CO)(CN(C)C)CC2)nc1C. The third-order valence-corrected chi connectivity index (χ3v) is 4.44. The van der Waals surface area contributed by atoms with Gasteiger partial charge in [0, 0.05) is 31.2 Å². The van der Waals surface area contributed by atoms with Crippen LogP contribution in [0, 0.1) is 12.3 Å². The number of aryl methyl sites for hydroxylation is 1. The van der Waals surface area contributed by atoms with E-state index >= 15 is 0 Å². The first-order chi connectivity index (χ1) is 10.4. The van der Waals surface area contributed by atoms with Crippen LogP contribution in [0.1, 0.15) is 35.8 Å². The highest BCUT2D eigenvalue weighted by molar-refractivity contribution is 5.94. The lowest BCUT2D eigenvalue weighted by Gasteiger charge is -2.42. The molecule has 0 radical (unpaired) electrons. The van der Waals surface area contributed by atoms with Crippen molar-refractivity contribution in [2.45, 2.75) is 26.7 Å². The molecule has 0 spiro atoms. The third kappa shape index (κ3) is 3.62. The summed E-state index contributed by atoms with van der Waals surface area (Å²) in [5.41, 5.74) is 1.27. The smallest absolute Gasteiger partial charge is 0.225 e. The number of piperidine rings is 1. The van der Waals surface area contributed by atoms with Gasteiger partial charge < -0.3 is 14.9 Å². The first-order valence-corrected chi connectivity index (χ1v) is 7.72. The van der Waals surface area contributed by atoms with E-state index in [1.54, 1.807) is 6.20 Å². The largest absolute Gasteiger partial charge is 0.396 e. The molecule has 0 atom stereocenters. The molecule has 0 saturated carbocycles. The second-order valence-corrected chi connectivity index (χ2v) is 6.61. The summed E-state index contributed by atoms with van der Waals surface area (Å²) >= 11 is 0. The fraction of sp³-hybridized carbons (Fsp3) is 0.688. The van der Waals surface area contributed by atoms with Gasteiger partial charge in [-0.3, -0.25) is 4.79 Å². The van der Waals surface area contributed by atoms with Crippen LogP contribution in [0.5, 0.6) is 0 Å². The van der Waals surface area contributed by atoms with Crippen LogP contribution in [0.3, 0.4) is 0 Å². The van der Waals surface area contributed by atoms with E-state index in [1.165, 1.54) is 6.92 Å². The van der Waals surface area contributed by atoms with Gasteiger partial charge in [0.15, 0.2) is 5.78 Å². The van der Waals surface area contributed by atoms with Gasteiger partial charge in [-0.05, 0) is 40.8 Å². The Hall–Kier alpha value is -1.53. The number of ketones is 1. The predicted octanol–water partition coefficient (Wildman–Crippen LogP) is 1.13. The van der Waals surface area contributed by atoms with E-state index in [0.717, 1.165) is 38.2 Å². The molecule has 1 aliphatic rings. The van der Waals surface area contributed by atoms with Gasteiger partial charge in [-0.25, -0.2) is 9.97 Å². The zero-order chi connectivity index (χ0) is 16.3. The molecule has 1 N–H and O–H groups in total. The minimum absolute atomic E-state index is 0.00650. The molecule has 0 aliphatic carbocycles. The number of aromatic nitrogens is 2. The Morgan fingerprint density at radius 1 is 1.41 bits per heavy atom. The van der Waals surface area contributed by atoms with E-state index in [0.29, 0.717) is 11.5 Å². The standard InChI is InChI=1S/C16H26N4O2/c1-12-14(13(2)22)9-17-15(18-12)20-7-5-16(11-21,6-8-20)10-19(3)4/h9,21H,5-8,10-11H2,1-4H3. The number of rotatable bonds is 5. The van der Waals surface area contributed by atoms with Gasteiger partial charge in [0.1, 0.15) is 0 Å². The molecule has 122 valence electrons. The molecule has 0 unspecified atom stereocenters. The molecule has 22 heavy (non-hydrogen) atoms. The van der Waals surface area contributed by atoms with Gasteiger partial charge in [0.05, 0.1) is 17.9 Å². The fourth-order valence-electron chi connectivity index (χ4n) is 3.17. The number of carbonyl (C=O) groups is 1. The Balaban J connectivity index is 2.08. The predicted molar refractivity (Wildman–Crippen MR) is 86.3 cm³/mol. The summed E-state index contributed by atoms with van der Waals surface area (Å²) in [4.78, 5) is 24.5. The van der Waals surface area contributed by atoms with Gasteiger partial charge in [0.2, 0.25) is 5.95 Å². The summed E-state index contributed by atoms with van der Waals surface area (Å²) in [6, 6.07) is 0. The lowest BCUT2D eigenvalue weighted by molar-refractivity contribution is 0.0674. The van der Waals surface area contributed by atoms with Crippen LogP contribution in [0.4, 0.5) is 5.95 Å². The first kappa shape index (κ1) is 16.8. The van der Waals surface area contributed by atoms with Gasteiger partial charge in [0.25, 0.3) is 0 Å². The van der Waals surface area contributed by atoms with Gasteiger partial charge in [-0.1, -0.05) is 0 Å². The molecule has 1 aliphatic heterocycles. The number of anilines is 1. The van der Waals surface area contributed by atoms with Crippen molar-refractivity contribution in [2.75, 3.05) is 45.2 Å². The maximum absolute atomic E-state index is 11.5. The Bertz CT molecular complexity index is 537. The second-order valence-electron chi connectivity index (χ2n) is 6.61. The van der Waals surface area contributed by atoms with Crippen molar-refractivity contribution in [3.05, 3.63) is 17.5 Å². The lowest BCUT2D eigenvalue weighted by Crippen LogP contribution is -2.47. The van der Waals surface area contributed by atoms with E-state index in [4.69, 9.17) is 0 Å². The number of hydrogen-bond donors (Lipinski definition) is 1. The number of aliphatic hydroxyl groups excluding tert-OH is 1. The van der Waals surface area contributed by atoms with E-state index in [9.17, 15) is 9.90 Å². The molecular formula is C16H26N4O2. The van der Waals surface area contributed by atoms with Crippen molar-refractivity contribution in [2.24, 2.45) is 5.41 Å². The van der Waals surface area contributed by atoms with E-state index in [-0.39, 0.29) is 17.8 Å². The topological polar surface area (TPSA) is 69.6 Å². The van der Waals surface area contributed by atoms with Crippen LogP contribution in [-0.4, -0.2) is 66.1 Å². The zero-order valence-corrected chi connectivity index (χ0v) is 14.0. The lowest BCUT2D eigenvalue weighted by atomic mass is 9.79. The monoisotopic (exact) mass is 306 g/mol. The minimum Gasteiger partial charge on any atom is -0.396 e. The molecular weight excluding hydrogens is 280 g/mol. The molecule has 1 saturated heterocycles. The number of nitrogens with zero attached hydrogens (tertiary/aromatic N) is 4. The van der Waals surface area contributed by atoms with Crippen molar-refractivity contribution in [3.8, 4) is 0 Å². The summed E-state index contributed by atoms with van der Waals surface area (Å²) in [5.74, 6) is 0.673. The van der Waals surface area contributed by atoms with Crippen LogP contribution in [-0.2, 0) is 0 Å². The minimum atomic E-state index is -0.0334. The van der Waals surface area contributed by atoms with Crippen molar-refractivity contribution >= 4 is 11.7 Å². The Morgan fingerprint density at radius 2 is 2.05 bits per heavy atom. The molecule has 2 rings (SSSR count). The van der Waals surface area contributed by atoms with E-state index < -0.39 is 0 Å². The third-order valence-electron chi connectivity index (χ3n) is 4.44. The molecule has 0 aromatic carbocycles. The van der Waals surface area contributed by atoms with Crippen LogP contribution in [0.2, 0.25) is 0 Å². The van der Waals surface area contributed by atoms with E-state index in [1.807, 2.05) is 21.0 Å². The molecule has 6 heteroatoms. The fourth-order valence-corrected chi connectivity index (χ4v) is 3.17. The molecule has 6 nitrogen and oxygen atoms in total. The molecule has 1 aromatic heterocycles. The number of Topliss-reactive ketones (excluding diaryl/α,β-unsaturated/α-hetero) is 1. The van der Waals surface area contributed by atoms with Crippen molar-refractivity contribution in [3.63, 3.8) is 0 Å². The normalized spacial score (nSPS) is 17.8.